The summed E-state index contributed by atoms with van der Waals surface area (Å²) in [5.41, 5.74) is 8.45. The smallest absolute Gasteiger partial charge is 0.261 e. The Labute approximate surface area is 150 Å². The quantitative estimate of drug-likeness (QED) is 0.489. The van der Waals surface area contributed by atoms with Crippen molar-refractivity contribution in [2.45, 2.75) is 12.5 Å². The minimum absolute atomic E-state index is 0.0569. The number of carbonyl (C=O) groups excluding carboxylic acids is 3. The number of rotatable bonds is 6. The molecule has 0 saturated heterocycles. The Balaban J connectivity index is 1.65. The molecule has 5 nitrogen and oxygen atoms in total. The average Bonchev–Trinajstić information content (AvgIpc) is 2.87. The van der Waals surface area contributed by atoms with Gasteiger partial charge in [-0.05, 0) is 24.1 Å². The lowest BCUT2D eigenvalue weighted by Gasteiger charge is -2.19. The maximum absolute atomic E-state index is 12.3. The predicted octanol–water partition coefficient (Wildman–Crippen LogP) is 2.27. The molecule has 1 aliphatic heterocycles. The first-order valence-corrected chi connectivity index (χ1v) is 8.43. The second-order valence-electron chi connectivity index (χ2n) is 5.98. The summed E-state index contributed by atoms with van der Waals surface area (Å²) >= 11 is 5.53. The Bertz CT molecular complexity index is 798. The molecule has 0 aliphatic carbocycles. The summed E-state index contributed by atoms with van der Waals surface area (Å²) in [7, 11) is 0. The number of benzene rings is 2. The number of nitrogens with zero attached hydrogens (tertiary/aromatic N) is 1. The van der Waals surface area contributed by atoms with Crippen LogP contribution in [0.3, 0.4) is 0 Å². The van der Waals surface area contributed by atoms with E-state index < -0.39 is 6.04 Å². The van der Waals surface area contributed by atoms with E-state index in [0.717, 1.165) is 5.56 Å². The van der Waals surface area contributed by atoms with Crippen LogP contribution in [-0.2, 0) is 6.42 Å². The van der Waals surface area contributed by atoms with Gasteiger partial charge in [-0.25, -0.2) is 0 Å². The summed E-state index contributed by atoms with van der Waals surface area (Å²) in [5, 5.41) is 0. The molecule has 0 spiro atoms. The van der Waals surface area contributed by atoms with E-state index in [1.165, 1.54) is 4.90 Å². The number of alkyl halides is 1. The number of halogens is 1. The number of hydrogen-bond acceptors (Lipinski definition) is 4. The topological polar surface area (TPSA) is 80.5 Å². The first-order chi connectivity index (χ1) is 12.0. The van der Waals surface area contributed by atoms with Crippen LogP contribution in [0, 0.1) is 0 Å². The van der Waals surface area contributed by atoms with E-state index in [9.17, 15) is 14.4 Å². The molecule has 25 heavy (non-hydrogen) atoms. The maximum Gasteiger partial charge on any atom is 0.261 e. The Hall–Kier alpha value is -2.50. The van der Waals surface area contributed by atoms with Gasteiger partial charge in [-0.3, -0.25) is 19.3 Å². The van der Waals surface area contributed by atoms with Gasteiger partial charge >= 0.3 is 0 Å². The van der Waals surface area contributed by atoms with Gasteiger partial charge in [0.25, 0.3) is 11.8 Å². The number of hydrogen-bond donors (Lipinski definition) is 1. The number of Topliss-reactive ketones (excluding diaryl/α,β-unsaturated/α-hetero) is 1. The van der Waals surface area contributed by atoms with E-state index in [0.29, 0.717) is 23.1 Å². The van der Waals surface area contributed by atoms with Crippen molar-refractivity contribution in [2.75, 3.05) is 12.4 Å². The molecule has 0 bridgehead atoms. The standard InChI is InChI=1S/C19H17ClN2O3/c20-10-17(23)13-7-5-12(6-8-13)9-14(21)11-22-18(24)15-3-1-2-4-16(15)19(22)25/h1-8,14H,9-11,21H2/t14-/m0/s1. The second-order valence-corrected chi connectivity index (χ2v) is 6.25. The molecule has 0 unspecified atom stereocenters. The van der Waals surface area contributed by atoms with Crippen molar-refractivity contribution in [1.29, 1.82) is 0 Å². The molecule has 2 N–H and O–H groups in total. The first-order valence-electron chi connectivity index (χ1n) is 7.90. The monoisotopic (exact) mass is 356 g/mol. The van der Waals surface area contributed by atoms with E-state index in [1.807, 2.05) is 12.1 Å². The van der Waals surface area contributed by atoms with Gasteiger partial charge in [0.2, 0.25) is 0 Å². The van der Waals surface area contributed by atoms with Crippen molar-refractivity contribution in [3.63, 3.8) is 0 Å². The fourth-order valence-electron chi connectivity index (χ4n) is 2.91. The molecule has 6 heteroatoms. The van der Waals surface area contributed by atoms with Crippen molar-refractivity contribution in [3.05, 3.63) is 70.8 Å². The van der Waals surface area contributed by atoms with E-state index in [2.05, 4.69) is 0 Å². The second kappa shape index (κ2) is 7.17. The number of amides is 2. The van der Waals surface area contributed by atoms with Crippen LogP contribution < -0.4 is 5.73 Å². The van der Waals surface area contributed by atoms with Crippen LogP contribution in [0.25, 0.3) is 0 Å². The predicted molar refractivity (Wildman–Crippen MR) is 95.0 cm³/mol. The fraction of sp³-hybridized carbons (Fsp3) is 0.211. The summed E-state index contributed by atoms with van der Waals surface area (Å²) in [6.07, 6.45) is 0.489. The Kier molecular flexibility index (Phi) is 4.97. The average molecular weight is 357 g/mol. The molecule has 1 atom stereocenters. The van der Waals surface area contributed by atoms with Gasteiger partial charge in [0, 0.05) is 18.2 Å². The van der Waals surface area contributed by atoms with Crippen LogP contribution in [0.1, 0.15) is 36.6 Å². The lowest BCUT2D eigenvalue weighted by Crippen LogP contribution is -2.41. The number of ketones is 1. The number of fused-ring (bicyclic) bond motifs is 1. The van der Waals surface area contributed by atoms with Crippen LogP contribution in [0.15, 0.2) is 48.5 Å². The zero-order valence-electron chi connectivity index (χ0n) is 13.4. The third-order valence-corrected chi connectivity index (χ3v) is 4.43. The van der Waals surface area contributed by atoms with Gasteiger partial charge in [0.15, 0.2) is 5.78 Å². The number of nitrogens with two attached hydrogens (primary N) is 1. The van der Waals surface area contributed by atoms with Crippen molar-refractivity contribution in [3.8, 4) is 0 Å². The molecule has 0 aromatic heterocycles. The highest BCUT2D eigenvalue weighted by Gasteiger charge is 2.35. The molecule has 2 amide bonds. The lowest BCUT2D eigenvalue weighted by atomic mass is 10.0. The summed E-state index contributed by atoms with van der Waals surface area (Å²) in [6, 6.07) is 13.4. The Morgan fingerprint density at radius 3 is 2.08 bits per heavy atom. The molecule has 0 saturated carbocycles. The van der Waals surface area contributed by atoms with Crippen LogP contribution in [0.2, 0.25) is 0 Å². The third-order valence-electron chi connectivity index (χ3n) is 4.19. The first kappa shape index (κ1) is 17.3. The Morgan fingerprint density at radius 1 is 1.00 bits per heavy atom. The van der Waals surface area contributed by atoms with Crippen molar-refractivity contribution < 1.29 is 14.4 Å². The molecule has 128 valence electrons. The molecule has 1 aliphatic rings. The highest BCUT2D eigenvalue weighted by Crippen LogP contribution is 2.22. The lowest BCUT2D eigenvalue weighted by molar-refractivity contribution is 0.0644. The summed E-state index contributed by atoms with van der Waals surface area (Å²) in [5.74, 6) is -0.805. The highest BCUT2D eigenvalue weighted by molar-refractivity contribution is 6.30. The molecular formula is C19H17ClN2O3. The number of carbonyl (C=O) groups is 3. The molecular weight excluding hydrogens is 340 g/mol. The normalized spacial score (nSPS) is 14.6. The maximum atomic E-state index is 12.3. The van der Waals surface area contributed by atoms with Crippen molar-refractivity contribution >= 4 is 29.2 Å². The zero-order valence-corrected chi connectivity index (χ0v) is 14.2. The summed E-state index contributed by atoms with van der Waals surface area (Å²) < 4.78 is 0. The van der Waals surface area contributed by atoms with E-state index in [-0.39, 0.29) is 30.0 Å². The largest absolute Gasteiger partial charge is 0.326 e. The minimum atomic E-state index is -0.392. The number of imide groups is 1. The van der Waals surface area contributed by atoms with E-state index in [4.69, 9.17) is 17.3 Å². The van der Waals surface area contributed by atoms with E-state index in [1.54, 1.807) is 36.4 Å². The zero-order chi connectivity index (χ0) is 18.0. The van der Waals surface area contributed by atoms with Gasteiger partial charge in [-0.2, -0.15) is 0 Å². The van der Waals surface area contributed by atoms with Gasteiger partial charge in [-0.15, -0.1) is 11.6 Å². The van der Waals surface area contributed by atoms with Crippen molar-refractivity contribution in [1.82, 2.24) is 4.90 Å². The van der Waals surface area contributed by atoms with Gasteiger partial charge in [0.1, 0.15) is 0 Å². The van der Waals surface area contributed by atoms with Crippen LogP contribution >= 0.6 is 11.6 Å². The molecule has 2 aromatic carbocycles. The van der Waals surface area contributed by atoms with E-state index >= 15 is 0 Å². The molecule has 2 aromatic rings. The molecule has 0 fully saturated rings. The minimum Gasteiger partial charge on any atom is -0.326 e. The fourth-order valence-corrected chi connectivity index (χ4v) is 3.06. The highest BCUT2D eigenvalue weighted by atomic mass is 35.5. The van der Waals surface area contributed by atoms with Crippen LogP contribution in [-0.4, -0.2) is 41.0 Å². The SMILES string of the molecule is N[C@@H](Cc1ccc(C(=O)CCl)cc1)CN1C(=O)c2ccccc2C1=O. The third kappa shape index (κ3) is 3.48. The molecule has 1 heterocycles. The van der Waals surface area contributed by atoms with Gasteiger partial charge < -0.3 is 5.73 Å². The molecule has 3 rings (SSSR count). The van der Waals surface area contributed by atoms with Crippen LogP contribution in [0.4, 0.5) is 0 Å². The Morgan fingerprint density at radius 2 is 1.56 bits per heavy atom. The molecule has 0 radical (unpaired) electrons. The van der Waals surface area contributed by atoms with Gasteiger partial charge in [-0.1, -0.05) is 36.4 Å². The van der Waals surface area contributed by atoms with Crippen molar-refractivity contribution in [2.24, 2.45) is 5.73 Å². The van der Waals surface area contributed by atoms with Gasteiger partial charge in [0.05, 0.1) is 17.0 Å². The summed E-state index contributed by atoms with van der Waals surface area (Å²) in [6.45, 7) is 0.148. The summed E-state index contributed by atoms with van der Waals surface area (Å²) in [4.78, 5) is 37.4. The van der Waals surface area contributed by atoms with Crippen LogP contribution in [0.5, 0.6) is 0 Å².